The van der Waals surface area contributed by atoms with Gasteiger partial charge < -0.3 is 15.0 Å². The number of carbonyl (C=O) groups is 1. The molecule has 1 rings (SSSR count). The Morgan fingerprint density at radius 1 is 1.41 bits per heavy atom. The van der Waals surface area contributed by atoms with E-state index in [-0.39, 0.29) is 7.52 Å². The molecule has 0 spiro atoms. The van der Waals surface area contributed by atoms with Crippen molar-refractivity contribution in [3.8, 4) is 0 Å². The predicted octanol–water partition coefficient (Wildman–Crippen LogP) is 2.49. The molecule has 1 aliphatic rings. The minimum absolute atomic E-state index is 0. The fourth-order valence-corrected chi connectivity index (χ4v) is 1.99. The van der Waals surface area contributed by atoms with Crippen LogP contribution in [0.4, 0.5) is 4.79 Å². The highest BCUT2D eigenvalue weighted by Crippen LogP contribution is 2.18. The number of hydrogen-bond donors (Lipinski definition) is 1. The van der Waals surface area contributed by atoms with Crippen LogP contribution in [0.5, 0.6) is 0 Å². The van der Waals surface area contributed by atoms with E-state index < -0.39 is 5.60 Å². The Balaban J connectivity index is 0.00000289. The van der Waals surface area contributed by atoms with Gasteiger partial charge in [-0.1, -0.05) is 6.92 Å². The Morgan fingerprint density at radius 3 is 2.47 bits per heavy atom. The van der Waals surface area contributed by atoms with Gasteiger partial charge in [0.05, 0.1) is 0 Å². The molecule has 102 valence electrons. The number of likely N-dealkylation sites (tertiary alicyclic amines) is 1. The Kier molecular flexibility index (Phi) is 5.25. The van der Waals surface area contributed by atoms with E-state index in [9.17, 15) is 4.79 Å². The highest BCUT2D eigenvalue weighted by Gasteiger charge is 2.26. The molecule has 0 unspecified atom stereocenters. The van der Waals surface area contributed by atoms with Crippen molar-refractivity contribution < 1.29 is 11.0 Å². The quantitative estimate of drug-likeness (QED) is 0.829. The van der Waals surface area contributed by atoms with Crippen LogP contribution in [-0.2, 0) is 4.74 Å². The Hall–Kier alpha value is -0.770. The number of nitrogens with one attached hydrogen (secondary N) is 1. The zero-order chi connectivity index (χ0) is 12.9. The van der Waals surface area contributed by atoms with E-state index in [0.29, 0.717) is 5.92 Å². The van der Waals surface area contributed by atoms with Gasteiger partial charge >= 0.3 is 6.09 Å². The van der Waals surface area contributed by atoms with Crippen LogP contribution in [0.3, 0.4) is 0 Å². The summed E-state index contributed by atoms with van der Waals surface area (Å²) in [4.78, 5) is 13.6. The molecule has 0 aromatic carbocycles. The summed E-state index contributed by atoms with van der Waals surface area (Å²) >= 11 is 0. The third kappa shape index (κ3) is 5.39. The standard InChI is InChI=1S/C13H26N2O2.H2/c1-5-14-10-11-6-8-15(9-7-11)12(16)17-13(2,3)4;/h11,14H,5-10H2,1-4H3;1H. The van der Waals surface area contributed by atoms with E-state index >= 15 is 0 Å². The summed E-state index contributed by atoms with van der Waals surface area (Å²) in [6.07, 6.45) is 1.98. The topological polar surface area (TPSA) is 41.6 Å². The van der Waals surface area contributed by atoms with Gasteiger partial charge in [-0.25, -0.2) is 4.79 Å². The third-order valence-corrected chi connectivity index (χ3v) is 2.95. The van der Waals surface area contributed by atoms with E-state index in [0.717, 1.165) is 39.0 Å². The monoisotopic (exact) mass is 244 g/mol. The third-order valence-electron chi connectivity index (χ3n) is 2.95. The van der Waals surface area contributed by atoms with Gasteiger partial charge in [-0.3, -0.25) is 0 Å². The zero-order valence-corrected chi connectivity index (χ0v) is 11.6. The summed E-state index contributed by atoms with van der Waals surface area (Å²) in [7, 11) is 0. The fourth-order valence-electron chi connectivity index (χ4n) is 1.99. The molecule has 1 N–H and O–H groups in total. The highest BCUT2D eigenvalue weighted by atomic mass is 16.6. The summed E-state index contributed by atoms with van der Waals surface area (Å²) in [5, 5.41) is 3.37. The SMILES string of the molecule is CCNCC1CCN(C(=O)OC(C)(C)C)CC1.[HH]. The van der Waals surface area contributed by atoms with Crippen LogP contribution in [0.25, 0.3) is 0 Å². The molecular weight excluding hydrogens is 216 g/mol. The van der Waals surface area contributed by atoms with Crippen molar-refractivity contribution in [3.63, 3.8) is 0 Å². The molecule has 1 heterocycles. The maximum atomic E-state index is 11.8. The lowest BCUT2D eigenvalue weighted by atomic mass is 9.97. The number of rotatable bonds is 3. The van der Waals surface area contributed by atoms with Crippen molar-refractivity contribution in [2.24, 2.45) is 5.92 Å². The van der Waals surface area contributed by atoms with Crippen molar-refractivity contribution in [3.05, 3.63) is 0 Å². The lowest BCUT2D eigenvalue weighted by molar-refractivity contribution is 0.0184. The Bertz CT molecular complexity index is 246. The van der Waals surface area contributed by atoms with Crippen LogP contribution in [0.1, 0.15) is 42.0 Å². The van der Waals surface area contributed by atoms with Crippen LogP contribution in [0.15, 0.2) is 0 Å². The molecule has 0 saturated carbocycles. The first-order valence-corrected chi connectivity index (χ1v) is 6.61. The Morgan fingerprint density at radius 2 is 2.00 bits per heavy atom. The average molecular weight is 244 g/mol. The number of nitrogens with zero attached hydrogens (tertiary/aromatic N) is 1. The van der Waals surface area contributed by atoms with Gasteiger partial charge in [0.2, 0.25) is 0 Å². The molecule has 1 amide bonds. The first-order chi connectivity index (χ1) is 7.92. The molecule has 1 fully saturated rings. The van der Waals surface area contributed by atoms with Crippen LogP contribution < -0.4 is 5.32 Å². The van der Waals surface area contributed by atoms with Gasteiger partial charge in [0, 0.05) is 14.5 Å². The second kappa shape index (κ2) is 6.24. The lowest BCUT2D eigenvalue weighted by Crippen LogP contribution is -2.43. The average Bonchev–Trinajstić information content (AvgIpc) is 2.24. The van der Waals surface area contributed by atoms with Gasteiger partial charge in [0.25, 0.3) is 0 Å². The molecule has 0 radical (unpaired) electrons. The van der Waals surface area contributed by atoms with E-state index in [1.807, 2.05) is 25.7 Å². The van der Waals surface area contributed by atoms with Crippen molar-refractivity contribution >= 4 is 6.09 Å². The van der Waals surface area contributed by atoms with E-state index in [1.165, 1.54) is 0 Å². The molecule has 1 saturated heterocycles. The predicted molar refractivity (Wildman–Crippen MR) is 71.2 cm³/mol. The number of piperidine rings is 1. The largest absolute Gasteiger partial charge is 0.444 e. The van der Waals surface area contributed by atoms with Gasteiger partial charge in [0.15, 0.2) is 0 Å². The summed E-state index contributed by atoms with van der Waals surface area (Å²) in [5.74, 6) is 0.702. The normalized spacial score (nSPS) is 18.2. The first-order valence-electron chi connectivity index (χ1n) is 6.61. The van der Waals surface area contributed by atoms with Crippen molar-refractivity contribution in [1.82, 2.24) is 10.2 Å². The summed E-state index contributed by atoms with van der Waals surface area (Å²) in [6, 6.07) is 0. The van der Waals surface area contributed by atoms with Crippen molar-refractivity contribution in [2.75, 3.05) is 26.2 Å². The second-order valence-corrected chi connectivity index (χ2v) is 5.72. The minimum Gasteiger partial charge on any atom is -0.444 e. The highest BCUT2D eigenvalue weighted by molar-refractivity contribution is 5.68. The Labute approximate surface area is 106 Å². The van der Waals surface area contributed by atoms with Gasteiger partial charge in [-0.15, -0.1) is 0 Å². The second-order valence-electron chi connectivity index (χ2n) is 5.72. The first kappa shape index (κ1) is 14.3. The molecule has 0 aliphatic carbocycles. The van der Waals surface area contributed by atoms with Crippen molar-refractivity contribution in [2.45, 2.75) is 46.1 Å². The van der Waals surface area contributed by atoms with Gasteiger partial charge in [0.1, 0.15) is 5.60 Å². The molecule has 0 aromatic rings. The summed E-state index contributed by atoms with van der Waals surface area (Å²) < 4.78 is 5.36. The fraction of sp³-hybridized carbons (Fsp3) is 0.923. The van der Waals surface area contributed by atoms with E-state index in [1.54, 1.807) is 0 Å². The number of amides is 1. The molecule has 17 heavy (non-hydrogen) atoms. The van der Waals surface area contributed by atoms with E-state index in [4.69, 9.17) is 4.74 Å². The molecule has 0 atom stereocenters. The van der Waals surface area contributed by atoms with Gasteiger partial charge in [-0.05, 0) is 52.6 Å². The minimum atomic E-state index is -0.391. The maximum absolute atomic E-state index is 11.8. The number of carbonyl (C=O) groups excluding carboxylic acids is 1. The summed E-state index contributed by atoms with van der Waals surface area (Å²) in [6.45, 7) is 11.6. The zero-order valence-electron chi connectivity index (χ0n) is 11.6. The molecule has 0 aromatic heterocycles. The smallest absolute Gasteiger partial charge is 0.410 e. The molecular formula is C13H28N2O2. The van der Waals surface area contributed by atoms with Crippen LogP contribution in [0.2, 0.25) is 0 Å². The van der Waals surface area contributed by atoms with Crippen molar-refractivity contribution in [1.29, 1.82) is 0 Å². The van der Waals surface area contributed by atoms with Crippen LogP contribution >= 0.6 is 0 Å². The molecule has 0 bridgehead atoms. The molecule has 4 heteroatoms. The van der Waals surface area contributed by atoms with E-state index in [2.05, 4.69) is 12.2 Å². The van der Waals surface area contributed by atoms with Gasteiger partial charge in [-0.2, -0.15) is 0 Å². The number of hydrogen-bond acceptors (Lipinski definition) is 3. The summed E-state index contributed by atoms with van der Waals surface area (Å²) in [5.41, 5.74) is -0.391. The van der Waals surface area contributed by atoms with Crippen LogP contribution in [0, 0.1) is 5.92 Å². The molecule has 4 nitrogen and oxygen atoms in total. The maximum Gasteiger partial charge on any atom is 0.410 e. The molecule has 1 aliphatic heterocycles. The lowest BCUT2D eigenvalue weighted by Gasteiger charge is -2.33. The van der Waals surface area contributed by atoms with Crippen LogP contribution in [-0.4, -0.2) is 42.8 Å². The number of ether oxygens (including phenoxy) is 1.